The van der Waals surface area contributed by atoms with E-state index in [1.54, 1.807) is 19.9 Å². The lowest BCUT2D eigenvalue weighted by Gasteiger charge is -2.70. The van der Waals surface area contributed by atoms with Gasteiger partial charge in [-0.15, -0.1) is 0 Å². The van der Waals surface area contributed by atoms with E-state index >= 15 is 4.79 Å². The van der Waals surface area contributed by atoms with E-state index in [-0.39, 0.29) is 35.9 Å². The van der Waals surface area contributed by atoms with Crippen molar-refractivity contribution in [2.75, 3.05) is 19.8 Å². The summed E-state index contributed by atoms with van der Waals surface area (Å²) in [5.74, 6) is -1.69. The van der Waals surface area contributed by atoms with Gasteiger partial charge in [-0.3, -0.25) is 41.5 Å². The van der Waals surface area contributed by atoms with Crippen LogP contribution < -0.4 is 0 Å². The van der Waals surface area contributed by atoms with Crippen molar-refractivity contribution >= 4 is 84.5 Å². The van der Waals surface area contributed by atoms with Gasteiger partial charge in [0.1, 0.15) is 36.6 Å². The fourth-order valence-corrected chi connectivity index (χ4v) is 19.7. The molecule has 7 unspecified atom stereocenters. The fourth-order valence-electron chi connectivity index (χ4n) is 16.6. The van der Waals surface area contributed by atoms with Crippen molar-refractivity contribution in [3.8, 4) is 0 Å². The summed E-state index contributed by atoms with van der Waals surface area (Å²) in [5.41, 5.74) is -3.37. The third-order valence-corrected chi connectivity index (χ3v) is 24.4. The largest absolute Gasteiger partial charge is 0.465 e. The molecule has 7 aliphatic rings. The highest BCUT2D eigenvalue weighted by Crippen LogP contribution is 2.75. The summed E-state index contributed by atoms with van der Waals surface area (Å²) < 4.78 is 303. The van der Waals surface area contributed by atoms with Crippen molar-refractivity contribution in [2.24, 2.45) is 50.2 Å². The first-order valence-corrected chi connectivity index (χ1v) is 40.4. The van der Waals surface area contributed by atoms with Crippen LogP contribution in [-0.2, 0) is 135 Å². The Labute approximate surface area is 555 Å². The summed E-state index contributed by atoms with van der Waals surface area (Å²) >= 11 is 0. The molecule has 5 aliphatic carbocycles. The van der Waals surface area contributed by atoms with E-state index in [4.69, 9.17) is 32.1 Å². The van der Waals surface area contributed by atoms with Crippen LogP contribution in [0.5, 0.6) is 0 Å². The molecule has 19 atom stereocenters. The molecule has 0 aromatic carbocycles. The van der Waals surface area contributed by atoms with E-state index < -0.39 is 192 Å². The Balaban J connectivity index is 1.22. The highest BCUT2D eigenvalue weighted by atomic mass is 32.3. The van der Waals surface area contributed by atoms with Gasteiger partial charge in [0.25, 0.3) is 0 Å². The van der Waals surface area contributed by atoms with E-state index in [1.165, 1.54) is 32.1 Å². The number of ketones is 1. The van der Waals surface area contributed by atoms with E-state index in [1.807, 2.05) is 13.8 Å². The lowest BCUT2D eigenvalue weighted by Crippen LogP contribution is -2.68. The Morgan fingerprint density at radius 3 is 1.45 bits per heavy atom. The van der Waals surface area contributed by atoms with Gasteiger partial charge in [0.05, 0.1) is 31.3 Å². The number of hydrogen-bond donors (Lipinski definition) is 7. The van der Waals surface area contributed by atoms with Crippen LogP contribution in [0.1, 0.15) is 171 Å². The minimum atomic E-state index is -6.20. The molecule has 6 fully saturated rings. The summed E-state index contributed by atoms with van der Waals surface area (Å²) in [6.45, 7) is 12.8. The SMILES string of the molecule is CCCCCCCCCCCOC(=O)[C@@]1(C)CCC2(C)CC[C@]3(C)C(=CC(=O)C4C5(C)CCC(O[C@@H]6O[C@H](COS(=O)(=O)O)[C@@H](O[C@@H]7O[C@H](COS(=O)(=O)O)[C@H](OS(=O)(=O)O)[C@H](OS(=O)(=O)O)[C@H]7OS(=O)(=O)O)[C@H](OS(=O)(=O)O)[C@H]6OS(=O)(=O)O)C(C)(C)C5CCC43C)C2C1. The zero-order chi connectivity index (χ0) is 71.4. The van der Waals surface area contributed by atoms with Gasteiger partial charge in [0.2, 0.25) is 0 Å². The Kier molecular flexibility index (Phi) is 24.7. The zero-order valence-corrected chi connectivity index (χ0v) is 59.1. The van der Waals surface area contributed by atoms with Crippen LogP contribution in [0, 0.1) is 50.2 Å². The van der Waals surface area contributed by atoms with Gasteiger partial charge in [-0.1, -0.05) is 105 Å². The van der Waals surface area contributed by atoms with E-state index in [0.717, 1.165) is 50.5 Å². The smallest absolute Gasteiger partial charge is 0.397 e. The number of allylic oxidation sites excluding steroid dienone is 2. The standard InChI is InChI=1S/C53H88O35S7/c1-9-10-11-12-13-14-15-16-17-26-77-47(55)50(5)23-22-49(4)24-25-52(7)31(32(49)28-50)27-33(54)44-51(6)20-19-37(48(2,3)36(51)18-21-53(44,52)8)82-45-42(87-94(71,72)73)40(85-92(65,66)67)38(34(80-45)29-78-89(56,57)58)83-46-43(88-95(74,75)76)41(86-93(68,69)70)39(84-91(62,63)64)35(81-46)30-79-90(59,60)61/h27,32,34-46H,9-26,28-30H2,1-8H3,(H,56,57,58)(H,59,60,61)(H,62,63,64)(H,65,66,67)(H,68,69,70)(H,71,72,73)(H,74,75,76)/t32?,34-,35-,36?,37?,38-,39+,40+,41+,42-,43-,44?,45+,46+,49?,50+,51?,52-,53?/m1/s1. The molecule has 42 heteroatoms. The third-order valence-electron chi connectivity index (χ3n) is 21.2. The molecule has 0 radical (unpaired) electrons. The molecule has 0 aromatic rings. The number of hydrogen-bond acceptors (Lipinski definition) is 28. The van der Waals surface area contributed by atoms with E-state index in [0.29, 0.717) is 32.3 Å². The maximum absolute atomic E-state index is 15.4. The molecule has 7 N–H and O–H groups in total. The molecule has 7 rings (SSSR count). The molecule has 2 aliphatic heterocycles. The number of rotatable bonds is 31. The van der Waals surface area contributed by atoms with Crippen LogP contribution in [0.25, 0.3) is 0 Å². The van der Waals surface area contributed by atoms with Gasteiger partial charge in [-0.2, -0.15) is 58.9 Å². The highest BCUT2D eigenvalue weighted by molar-refractivity contribution is 7.82. The second-order valence-electron chi connectivity index (χ2n) is 27.8. The minimum absolute atomic E-state index is 0.0682. The van der Waals surface area contributed by atoms with Gasteiger partial charge in [-0.05, 0) is 116 Å². The number of esters is 1. The normalized spacial score (nSPS) is 38.0. The van der Waals surface area contributed by atoms with Crippen molar-refractivity contribution in [2.45, 2.75) is 238 Å². The monoisotopic (exact) mass is 1510 g/mol. The number of carbonyl (C=O) groups excluding carboxylic acids is 2. The Morgan fingerprint density at radius 2 is 0.958 bits per heavy atom. The molecule has 2 saturated heterocycles. The summed E-state index contributed by atoms with van der Waals surface area (Å²) in [6.07, 6.45) is -15.1. The molecule has 4 saturated carbocycles. The highest BCUT2D eigenvalue weighted by Gasteiger charge is 2.71. The lowest BCUT2D eigenvalue weighted by molar-refractivity contribution is -0.358. The van der Waals surface area contributed by atoms with Crippen molar-refractivity contribution < 1.29 is 153 Å². The fraction of sp³-hybridized carbons (Fsp3) is 0.925. The van der Waals surface area contributed by atoms with Gasteiger partial charge in [0, 0.05) is 5.92 Å². The summed E-state index contributed by atoms with van der Waals surface area (Å²) in [4.78, 5) is 29.5. The van der Waals surface area contributed by atoms with Crippen molar-refractivity contribution in [3.63, 3.8) is 0 Å². The molecule has 0 aromatic heterocycles. The molecule has 0 amide bonds. The van der Waals surface area contributed by atoms with Gasteiger partial charge >= 0.3 is 78.8 Å². The topological polar surface area (TPSA) is 525 Å². The van der Waals surface area contributed by atoms with Crippen LogP contribution in [0.4, 0.5) is 0 Å². The molecule has 552 valence electrons. The number of ether oxygens (including phenoxy) is 5. The Hall–Kier alpha value is -2.19. The Bertz CT molecular complexity index is 3640. The zero-order valence-electron chi connectivity index (χ0n) is 53.4. The molecule has 2 heterocycles. The van der Waals surface area contributed by atoms with E-state index in [9.17, 15) is 95.6 Å². The van der Waals surface area contributed by atoms with Crippen LogP contribution in [0.2, 0.25) is 0 Å². The maximum Gasteiger partial charge on any atom is 0.397 e. The first-order valence-electron chi connectivity index (χ1n) is 30.8. The van der Waals surface area contributed by atoms with Crippen LogP contribution in [-0.4, -0.2) is 190 Å². The predicted octanol–water partition coefficient (Wildman–Crippen LogP) is 4.84. The molecule has 35 nitrogen and oxygen atoms in total. The first-order chi connectivity index (χ1) is 43.3. The minimum Gasteiger partial charge on any atom is -0.465 e. The Morgan fingerprint density at radius 1 is 0.516 bits per heavy atom. The van der Waals surface area contributed by atoms with Gasteiger partial charge < -0.3 is 23.7 Å². The second kappa shape index (κ2) is 29.3. The predicted molar refractivity (Wildman–Crippen MR) is 322 cm³/mol. The van der Waals surface area contributed by atoms with E-state index in [2.05, 4.69) is 48.6 Å². The molecular formula is C53H88O35S7. The average Bonchev–Trinajstić information content (AvgIpc) is 0.674. The number of carbonyl (C=O) groups is 2. The molecule has 0 spiro atoms. The number of fused-ring (bicyclic) bond motifs is 7. The second-order valence-corrected chi connectivity index (χ2v) is 35.2. The maximum atomic E-state index is 15.4. The van der Waals surface area contributed by atoms with Gasteiger partial charge in [0.15, 0.2) is 30.6 Å². The van der Waals surface area contributed by atoms with Crippen LogP contribution >= 0.6 is 0 Å². The van der Waals surface area contributed by atoms with Crippen molar-refractivity contribution in [3.05, 3.63) is 11.6 Å². The summed E-state index contributed by atoms with van der Waals surface area (Å²) in [5, 5.41) is 0. The van der Waals surface area contributed by atoms with Crippen LogP contribution in [0.15, 0.2) is 11.6 Å². The van der Waals surface area contributed by atoms with Crippen LogP contribution in [0.3, 0.4) is 0 Å². The van der Waals surface area contributed by atoms with Crippen molar-refractivity contribution in [1.82, 2.24) is 0 Å². The average molecular weight is 1510 g/mol. The molecule has 0 bridgehead atoms. The first kappa shape index (κ1) is 80.1. The van der Waals surface area contributed by atoms with Gasteiger partial charge in [-0.25, -0.2) is 29.3 Å². The molecule has 95 heavy (non-hydrogen) atoms. The quantitative estimate of drug-likeness (QED) is 0.0211. The van der Waals surface area contributed by atoms with Crippen molar-refractivity contribution in [1.29, 1.82) is 0 Å². The summed E-state index contributed by atoms with van der Waals surface area (Å²) in [6, 6.07) is 0. The lowest BCUT2D eigenvalue weighted by atomic mass is 9.33. The summed E-state index contributed by atoms with van der Waals surface area (Å²) in [7, 11) is -42.0. The molecular weight excluding hydrogens is 1420 g/mol. The number of unbranched alkanes of at least 4 members (excludes halogenated alkanes) is 8. The third kappa shape index (κ3) is 19.5.